The van der Waals surface area contributed by atoms with Crippen LogP contribution in [0.15, 0.2) is 11.2 Å². The fourth-order valence-electron chi connectivity index (χ4n) is 0.795. The average molecular weight is 183 g/mol. The minimum Gasteiger partial charge on any atom is -0.381 e. The van der Waals surface area contributed by atoms with Crippen molar-refractivity contribution in [1.82, 2.24) is 9.97 Å². The summed E-state index contributed by atoms with van der Waals surface area (Å²) in [4.78, 5) is 8.31. The average Bonchev–Trinajstić information content (AvgIpc) is 2.03. The molecule has 0 bridgehead atoms. The van der Waals surface area contributed by atoms with E-state index in [-0.39, 0.29) is 0 Å². The molecule has 0 fully saturated rings. The maximum absolute atomic E-state index is 5.67. The largest absolute Gasteiger partial charge is 0.381 e. The van der Waals surface area contributed by atoms with Crippen LogP contribution in [0.5, 0.6) is 0 Å². The van der Waals surface area contributed by atoms with Gasteiger partial charge in [0.15, 0.2) is 5.82 Å². The highest BCUT2D eigenvalue weighted by molar-refractivity contribution is 7.99. The molecule has 1 aromatic rings. The van der Waals surface area contributed by atoms with Crippen LogP contribution in [0.3, 0.4) is 0 Å². The van der Waals surface area contributed by atoms with Gasteiger partial charge < -0.3 is 5.73 Å². The first-order valence-electron chi connectivity index (χ1n) is 3.96. The van der Waals surface area contributed by atoms with Gasteiger partial charge in [-0.1, -0.05) is 6.92 Å². The predicted octanol–water partition coefficient (Wildman–Crippen LogP) is 1.87. The summed E-state index contributed by atoms with van der Waals surface area (Å²) in [6.07, 6.45) is 2.87. The molecule has 0 radical (unpaired) electrons. The van der Waals surface area contributed by atoms with Crippen molar-refractivity contribution >= 4 is 17.6 Å². The molecular weight excluding hydrogens is 170 g/mol. The van der Waals surface area contributed by atoms with Crippen molar-refractivity contribution in [2.45, 2.75) is 25.3 Å². The van der Waals surface area contributed by atoms with Crippen LogP contribution in [-0.4, -0.2) is 15.7 Å². The molecule has 3 nitrogen and oxygen atoms in total. The zero-order valence-corrected chi connectivity index (χ0v) is 8.19. The lowest BCUT2D eigenvalue weighted by Crippen LogP contribution is -1.97. The molecule has 1 rings (SSSR count). The van der Waals surface area contributed by atoms with E-state index in [0.717, 1.165) is 22.9 Å². The Kier molecular flexibility index (Phi) is 3.34. The highest BCUT2D eigenvalue weighted by Crippen LogP contribution is 2.20. The molecule has 4 heteroatoms. The van der Waals surface area contributed by atoms with E-state index in [4.69, 9.17) is 5.73 Å². The minimum atomic E-state index is 0.549. The van der Waals surface area contributed by atoms with E-state index >= 15 is 0 Å². The van der Waals surface area contributed by atoms with Crippen molar-refractivity contribution in [3.63, 3.8) is 0 Å². The minimum absolute atomic E-state index is 0.549. The van der Waals surface area contributed by atoms with Gasteiger partial charge in [0.2, 0.25) is 0 Å². The molecule has 0 aliphatic carbocycles. The monoisotopic (exact) mass is 183 g/mol. The van der Waals surface area contributed by atoms with Crippen LogP contribution in [0.25, 0.3) is 0 Å². The molecule has 2 N–H and O–H groups in total. The van der Waals surface area contributed by atoms with Gasteiger partial charge in [-0.25, -0.2) is 9.97 Å². The van der Waals surface area contributed by atoms with E-state index < -0.39 is 0 Å². The van der Waals surface area contributed by atoms with E-state index in [1.807, 2.05) is 6.92 Å². The zero-order valence-electron chi connectivity index (χ0n) is 7.37. The van der Waals surface area contributed by atoms with Gasteiger partial charge in [0, 0.05) is 6.20 Å². The maximum atomic E-state index is 5.67. The third-order valence-corrected chi connectivity index (χ3v) is 2.53. The highest BCUT2D eigenvalue weighted by atomic mass is 32.2. The predicted molar refractivity (Wildman–Crippen MR) is 52.2 cm³/mol. The number of hydrogen-bond acceptors (Lipinski definition) is 4. The van der Waals surface area contributed by atoms with Crippen molar-refractivity contribution in [2.24, 2.45) is 0 Å². The van der Waals surface area contributed by atoms with Crippen LogP contribution in [0.4, 0.5) is 5.82 Å². The molecule has 0 spiro atoms. The number of nitrogens with zero attached hydrogens (tertiary/aromatic N) is 2. The first kappa shape index (κ1) is 9.32. The Labute approximate surface area is 76.8 Å². The Balaban J connectivity index is 2.72. The number of anilines is 1. The quantitative estimate of drug-likeness (QED) is 0.727. The number of nitrogen functional groups attached to an aromatic ring is 1. The molecule has 0 aliphatic rings. The summed E-state index contributed by atoms with van der Waals surface area (Å²) >= 11 is 1.66. The smallest absolute Gasteiger partial charge is 0.156 e. The normalized spacial score (nSPS) is 10.2. The molecule has 0 saturated heterocycles. The molecule has 0 aromatic carbocycles. The third-order valence-electron chi connectivity index (χ3n) is 1.33. The fourth-order valence-corrected chi connectivity index (χ4v) is 1.51. The van der Waals surface area contributed by atoms with Crippen LogP contribution in [0, 0.1) is 6.92 Å². The molecule has 0 amide bonds. The second-order valence-electron chi connectivity index (χ2n) is 2.55. The number of hydrogen-bond donors (Lipinski definition) is 1. The van der Waals surface area contributed by atoms with Crippen molar-refractivity contribution < 1.29 is 0 Å². The highest BCUT2D eigenvalue weighted by Gasteiger charge is 2.01. The van der Waals surface area contributed by atoms with E-state index in [9.17, 15) is 0 Å². The lowest BCUT2D eigenvalue weighted by atomic mass is 10.5. The summed E-state index contributed by atoms with van der Waals surface area (Å²) in [6, 6.07) is 0. The van der Waals surface area contributed by atoms with Gasteiger partial charge in [-0.2, -0.15) is 0 Å². The van der Waals surface area contributed by atoms with Gasteiger partial charge in [0.25, 0.3) is 0 Å². The van der Waals surface area contributed by atoms with Gasteiger partial charge in [-0.15, -0.1) is 11.8 Å². The Hall–Kier alpha value is -0.770. The summed E-state index contributed by atoms with van der Waals surface area (Å²) in [5.74, 6) is 1.59. The molecular formula is C8H13N3S. The standard InChI is InChI=1S/C8H13N3S/c1-3-4-12-8-7(9)11-6(2)5-10-8/h5H,3-4H2,1-2H3,(H2,9,11). The second kappa shape index (κ2) is 4.30. The molecule has 0 aliphatic heterocycles. The summed E-state index contributed by atoms with van der Waals surface area (Å²) in [7, 11) is 0. The van der Waals surface area contributed by atoms with Gasteiger partial charge in [0.05, 0.1) is 5.69 Å². The SMILES string of the molecule is CCCSc1ncc(C)nc1N. The van der Waals surface area contributed by atoms with Gasteiger partial charge in [0.1, 0.15) is 5.03 Å². The van der Waals surface area contributed by atoms with Gasteiger partial charge >= 0.3 is 0 Å². The first-order chi connectivity index (χ1) is 5.74. The molecule has 0 unspecified atom stereocenters. The summed E-state index contributed by atoms with van der Waals surface area (Å²) in [6.45, 7) is 4.02. The lowest BCUT2D eigenvalue weighted by Gasteiger charge is -2.02. The number of rotatable bonds is 3. The second-order valence-corrected chi connectivity index (χ2v) is 3.63. The van der Waals surface area contributed by atoms with E-state index in [0.29, 0.717) is 5.82 Å². The van der Waals surface area contributed by atoms with Crippen LogP contribution < -0.4 is 5.73 Å². The molecule has 0 atom stereocenters. The number of nitrogens with two attached hydrogens (primary N) is 1. The Morgan fingerprint density at radius 3 is 2.92 bits per heavy atom. The van der Waals surface area contributed by atoms with Crippen LogP contribution in [0.1, 0.15) is 19.0 Å². The fraction of sp³-hybridized carbons (Fsp3) is 0.500. The van der Waals surface area contributed by atoms with Crippen molar-refractivity contribution in [1.29, 1.82) is 0 Å². The molecule has 66 valence electrons. The third kappa shape index (κ3) is 2.37. The Morgan fingerprint density at radius 1 is 1.58 bits per heavy atom. The molecule has 0 saturated carbocycles. The molecule has 12 heavy (non-hydrogen) atoms. The maximum Gasteiger partial charge on any atom is 0.156 e. The van der Waals surface area contributed by atoms with E-state index in [1.165, 1.54) is 0 Å². The van der Waals surface area contributed by atoms with E-state index in [1.54, 1.807) is 18.0 Å². The number of thioether (sulfide) groups is 1. The first-order valence-corrected chi connectivity index (χ1v) is 4.94. The van der Waals surface area contributed by atoms with Crippen LogP contribution in [0.2, 0.25) is 0 Å². The topological polar surface area (TPSA) is 51.8 Å². The Bertz CT molecular complexity index is 262. The van der Waals surface area contributed by atoms with Gasteiger partial charge in [-0.05, 0) is 19.1 Å². The molecule has 1 aromatic heterocycles. The summed E-state index contributed by atoms with van der Waals surface area (Å²) in [5, 5.41) is 0.849. The molecule has 1 heterocycles. The van der Waals surface area contributed by atoms with Crippen LogP contribution in [-0.2, 0) is 0 Å². The zero-order chi connectivity index (χ0) is 8.97. The Morgan fingerprint density at radius 2 is 2.33 bits per heavy atom. The van der Waals surface area contributed by atoms with Crippen molar-refractivity contribution in [3.8, 4) is 0 Å². The van der Waals surface area contributed by atoms with E-state index in [2.05, 4.69) is 16.9 Å². The number of aryl methyl sites for hydroxylation is 1. The number of aromatic nitrogens is 2. The summed E-state index contributed by atoms with van der Waals surface area (Å²) < 4.78 is 0. The van der Waals surface area contributed by atoms with Crippen molar-refractivity contribution in [2.75, 3.05) is 11.5 Å². The lowest BCUT2D eigenvalue weighted by molar-refractivity contribution is 1.02. The van der Waals surface area contributed by atoms with Crippen molar-refractivity contribution in [3.05, 3.63) is 11.9 Å². The van der Waals surface area contributed by atoms with Crippen LogP contribution >= 0.6 is 11.8 Å². The van der Waals surface area contributed by atoms with Gasteiger partial charge in [-0.3, -0.25) is 0 Å². The summed E-state index contributed by atoms with van der Waals surface area (Å²) in [5.41, 5.74) is 6.54.